The summed E-state index contributed by atoms with van der Waals surface area (Å²) in [6.07, 6.45) is 3.61. The number of carbonyl (C=O) groups excluding carboxylic acids is 1. The zero-order chi connectivity index (χ0) is 13.3. The van der Waals surface area contributed by atoms with Crippen LogP contribution in [0.4, 0.5) is 0 Å². The Morgan fingerprint density at radius 2 is 2.22 bits per heavy atom. The van der Waals surface area contributed by atoms with Crippen LogP contribution in [-0.2, 0) is 4.79 Å². The van der Waals surface area contributed by atoms with Crippen LogP contribution in [0.25, 0.3) is 0 Å². The van der Waals surface area contributed by atoms with Crippen molar-refractivity contribution in [1.29, 1.82) is 0 Å². The van der Waals surface area contributed by atoms with Gasteiger partial charge in [-0.15, -0.1) is 0 Å². The molecule has 6 nitrogen and oxygen atoms in total. The van der Waals surface area contributed by atoms with E-state index in [1.807, 2.05) is 0 Å². The lowest BCUT2D eigenvalue weighted by Crippen LogP contribution is -2.50. The molecule has 1 atom stereocenters. The van der Waals surface area contributed by atoms with E-state index < -0.39 is 17.4 Å². The Labute approximate surface area is 104 Å². The van der Waals surface area contributed by atoms with Crippen LogP contribution in [0, 0.1) is 0 Å². The Morgan fingerprint density at radius 3 is 2.83 bits per heavy atom. The molecule has 1 aromatic heterocycles. The zero-order valence-electron chi connectivity index (χ0n) is 9.96. The minimum atomic E-state index is -1.20. The molecule has 96 valence electrons. The number of hydrogen-bond acceptors (Lipinski definition) is 4. The second-order valence-electron chi connectivity index (χ2n) is 4.53. The summed E-state index contributed by atoms with van der Waals surface area (Å²) in [5.74, 6) is -1.73. The average Bonchev–Trinajstić information content (AvgIpc) is 2.72. The van der Waals surface area contributed by atoms with E-state index in [-0.39, 0.29) is 11.3 Å². The fourth-order valence-electron chi connectivity index (χ4n) is 2.22. The van der Waals surface area contributed by atoms with E-state index in [0.717, 1.165) is 0 Å². The summed E-state index contributed by atoms with van der Waals surface area (Å²) in [7, 11) is 0. The van der Waals surface area contributed by atoms with E-state index in [9.17, 15) is 19.8 Å². The molecule has 0 saturated carbocycles. The molecule has 2 heterocycles. The van der Waals surface area contributed by atoms with Crippen LogP contribution in [0.1, 0.15) is 30.1 Å². The van der Waals surface area contributed by atoms with Gasteiger partial charge in [0.05, 0.1) is 11.8 Å². The van der Waals surface area contributed by atoms with Crippen molar-refractivity contribution in [1.82, 2.24) is 9.88 Å². The third-order valence-corrected chi connectivity index (χ3v) is 3.38. The van der Waals surface area contributed by atoms with Crippen LogP contribution >= 0.6 is 0 Å². The minimum absolute atomic E-state index is 0.0828. The second kappa shape index (κ2) is 4.29. The van der Waals surface area contributed by atoms with Crippen LogP contribution in [0.5, 0.6) is 5.75 Å². The molecular weight excluding hydrogens is 236 g/mol. The lowest BCUT2D eigenvalue weighted by Gasteiger charge is -2.31. The number of nitrogens with zero attached hydrogens (tertiary/aromatic N) is 2. The average molecular weight is 250 g/mol. The molecule has 0 bridgehead atoms. The van der Waals surface area contributed by atoms with Crippen LogP contribution < -0.4 is 0 Å². The standard InChI is InChI=1S/C12H14N2O4/c1-12(11(17)18)4-2-6-14(12)10(16)8-3-5-13-7-9(8)15/h3,5,7,15H,2,4,6H2,1H3,(H,17,18). The lowest BCUT2D eigenvalue weighted by molar-refractivity contribution is -0.147. The van der Waals surface area contributed by atoms with Gasteiger partial charge in [-0.25, -0.2) is 4.79 Å². The topological polar surface area (TPSA) is 90.7 Å². The van der Waals surface area contributed by atoms with Gasteiger partial charge in [-0.3, -0.25) is 9.78 Å². The lowest BCUT2D eigenvalue weighted by atomic mass is 9.98. The number of amides is 1. The predicted octanol–water partition coefficient (Wildman–Crippen LogP) is 0.866. The molecule has 1 saturated heterocycles. The first-order valence-corrected chi connectivity index (χ1v) is 5.65. The number of rotatable bonds is 2. The van der Waals surface area contributed by atoms with Crippen molar-refractivity contribution in [2.75, 3.05) is 6.54 Å². The van der Waals surface area contributed by atoms with Crippen LogP contribution in [0.2, 0.25) is 0 Å². The van der Waals surface area contributed by atoms with Gasteiger partial charge in [0, 0.05) is 12.7 Å². The summed E-state index contributed by atoms with van der Waals surface area (Å²) < 4.78 is 0. The molecule has 2 rings (SSSR count). The van der Waals surface area contributed by atoms with Gasteiger partial charge >= 0.3 is 5.97 Å². The van der Waals surface area contributed by atoms with Crippen LogP contribution in [-0.4, -0.2) is 44.1 Å². The molecule has 0 aliphatic carbocycles. The van der Waals surface area contributed by atoms with E-state index in [0.29, 0.717) is 19.4 Å². The third kappa shape index (κ3) is 1.79. The molecule has 0 radical (unpaired) electrons. The van der Waals surface area contributed by atoms with Crippen LogP contribution in [0.3, 0.4) is 0 Å². The summed E-state index contributed by atoms with van der Waals surface area (Å²) in [4.78, 5) is 28.5. The van der Waals surface area contributed by atoms with Crippen molar-refractivity contribution in [3.05, 3.63) is 24.0 Å². The number of carboxylic acids is 1. The van der Waals surface area contributed by atoms with Gasteiger partial charge in [0.2, 0.25) is 0 Å². The summed E-state index contributed by atoms with van der Waals surface area (Å²) in [5, 5.41) is 18.8. The van der Waals surface area contributed by atoms with Gasteiger partial charge in [-0.1, -0.05) is 0 Å². The molecule has 2 N–H and O–H groups in total. The summed E-state index contributed by atoms with van der Waals surface area (Å²) in [6, 6.07) is 1.39. The fourth-order valence-corrected chi connectivity index (χ4v) is 2.22. The van der Waals surface area contributed by atoms with Gasteiger partial charge in [-0.2, -0.15) is 0 Å². The van der Waals surface area contributed by atoms with E-state index >= 15 is 0 Å². The van der Waals surface area contributed by atoms with E-state index in [2.05, 4.69) is 4.98 Å². The maximum Gasteiger partial charge on any atom is 0.329 e. The molecule has 18 heavy (non-hydrogen) atoms. The van der Waals surface area contributed by atoms with Gasteiger partial charge in [0.1, 0.15) is 11.3 Å². The van der Waals surface area contributed by atoms with E-state index in [4.69, 9.17) is 0 Å². The highest BCUT2D eigenvalue weighted by molar-refractivity contribution is 6.00. The molecule has 1 aliphatic heterocycles. The number of likely N-dealkylation sites (tertiary alicyclic amines) is 1. The van der Waals surface area contributed by atoms with Gasteiger partial charge < -0.3 is 15.1 Å². The Bertz CT molecular complexity index is 503. The monoisotopic (exact) mass is 250 g/mol. The summed E-state index contributed by atoms with van der Waals surface area (Å²) in [6.45, 7) is 1.90. The highest BCUT2D eigenvalue weighted by Gasteiger charge is 2.46. The van der Waals surface area contributed by atoms with Crippen molar-refractivity contribution >= 4 is 11.9 Å². The highest BCUT2D eigenvalue weighted by atomic mass is 16.4. The first-order chi connectivity index (χ1) is 8.47. The Balaban J connectivity index is 2.35. The molecular formula is C12H14N2O4. The number of aromatic nitrogens is 1. The molecule has 0 spiro atoms. The fraction of sp³-hybridized carbons (Fsp3) is 0.417. The number of aliphatic carboxylic acids is 1. The Kier molecular flexibility index (Phi) is 2.94. The number of carboxylic acid groups (broad SMARTS) is 1. The Hall–Kier alpha value is -2.11. The molecule has 1 fully saturated rings. The first kappa shape index (κ1) is 12.3. The molecule has 1 amide bonds. The van der Waals surface area contributed by atoms with Crippen molar-refractivity contribution in [3.8, 4) is 5.75 Å². The first-order valence-electron chi connectivity index (χ1n) is 5.65. The SMILES string of the molecule is CC1(C(=O)O)CCCN1C(=O)c1ccncc1O. The minimum Gasteiger partial charge on any atom is -0.505 e. The van der Waals surface area contributed by atoms with Crippen molar-refractivity contribution in [2.45, 2.75) is 25.3 Å². The number of aromatic hydroxyl groups is 1. The van der Waals surface area contributed by atoms with Gasteiger partial charge in [-0.05, 0) is 25.8 Å². The molecule has 1 unspecified atom stereocenters. The second-order valence-corrected chi connectivity index (χ2v) is 4.53. The van der Waals surface area contributed by atoms with Crippen LogP contribution in [0.15, 0.2) is 18.5 Å². The van der Waals surface area contributed by atoms with Gasteiger partial charge in [0.15, 0.2) is 0 Å². The maximum atomic E-state index is 12.3. The maximum absolute atomic E-state index is 12.3. The smallest absolute Gasteiger partial charge is 0.329 e. The Morgan fingerprint density at radius 1 is 1.50 bits per heavy atom. The van der Waals surface area contributed by atoms with Crippen molar-refractivity contribution < 1.29 is 19.8 Å². The molecule has 1 aliphatic rings. The number of pyridine rings is 1. The van der Waals surface area contributed by atoms with Gasteiger partial charge in [0.25, 0.3) is 5.91 Å². The van der Waals surface area contributed by atoms with Crippen molar-refractivity contribution in [2.24, 2.45) is 0 Å². The highest BCUT2D eigenvalue weighted by Crippen LogP contribution is 2.32. The van der Waals surface area contributed by atoms with E-state index in [1.165, 1.54) is 30.3 Å². The predicted molar refractivity (Wildman–Crippen MR) is 62.2 cm³/mol. The number of hydrogen-bond donors (Lipinski definition) is 2. The molecule has 6 heteroatoms. The van der Waals surface area contributed by atoms with Crippen molar-refractivity contribution in [3.63, 3.8) is 0 Å². The quantitative estimate of drug-likeness (QED) is 0.812. The third-order valence-electron chi connectivity index (χ3n) is 3.38. The molecule has 0 aromatic carbocycles. The number of carbonyl (C=O) groups is 2. The van der Waals surface area contributed by atoms with E-state index in [1.54, 1.807) is 0 Å². The summed E-state index contributed by atoms with van der Waals surface area (Å²) >= 11 is 0. The largest absolute Gasteiger partial charge is 0.505 e. The summed E-state index contributed by atoms with van der Waals surface area (Å²) in [5.41, 5.74) is -1.12. The molecule has 1 aromatic rings. The normalized spacial score (nSPS) is 23.1. The zero-order valence-corrected chi connectivity index (χ0v) is 9.96.